The molecule has 1 aromatic rings. The topological polar surface area (TPSA) is 13.1 Å². The van der Waals surface area contributed by atoms with E-state index in [1.54, 1.807) is 6.08 Å². The van der Waals surface area contributed by atoms with Crippen LogP contribution in [0.25, 0.3) is 18.2 Å². The molecule has 1 aromatic heterocycles. The molecule has 0 bridgehead atoms. The van der Waals surface area contributed by atoms with E-state index in [0.717, 1.165) is 17.9 Å². The van der Waals surface area contributed by atoms with Crippen LogP contribution < -0.4 is 0 Å². The Morgan fingerprint density at radius 1 is 1.33 bits per heavy atom. The summed E-state index contributed by atoms with van der Waals surface area (Å²) < 4.78 is 5.75. The van der Waals surface area contributed by atoms with Gasteiger partial charge in [0, 0.05) is 11.1 Å². The third kappa shape index (κ3) is 1.86. The van der Waals surface area contributed by atoms with Gasteiger partial charge in [0.1, 0.15) is 11.5 Å². The summed E-state index contributed by atoms with van der Waals surface area (Å²) in [5.41, 5.74) is 2.37. The van der Waals surface area contributed by atoms with E-state index < -0.39 is 0 Å². The van der Waals surface area contributed by atoms with E-state index in [4.69, 9.17) is 4.42 Å². The predicted octanol–water partition coefficient (Wildman–Crippen LogP) is 4.22. The van der Waals surface area contributed by atoms with Gasteiger partial charge in [-0.25, -0.2) is 0 Å². The van der Waals surface area contributed by atoms with Gasteiger partial charge < -0.3 is 4.42 Å². The highest BCUT2D eigenvalue weighted by molar-refractivity contribution is 5.70. The van der Waals surface area contributed by atoms with Crippen LogP contribution in [0.5, 0.6) is 0 Å². The lowest BCUT2D eigenvalue weighted by atomic mass is 10.1. The van der Waals surface area contributed by atoms with Crippen molar-refractivity contribution < 1.29 is 4.42 Å². The second kappa shape index (κ2) is 4.18. The Morgan fingerprint density at radius 2 is 2.13 bits per heavy atom. The smallest absolute Gasteiger partial charge is 0.134 e. The highest BCUT2D eigenvalue weighted by atomic mass is 16.3. The molecule has 2 rings (SSSR count). The number of fused-ring (bicyclic) bond motifs is 1. The SMILES string of the molecule is C=C/C=C\c1oc2c(c1C)C=CCC=C2. The average molecular weight is 198 g/mol. The summed E-state index contributed by atoms with van der Waals surface area (Å²) in [6.45, 7) is 5.72. The highest BCUT2D eigenvalue weighted by Crippen LogP contribution is 2.27. The van der Waals surface area contributed by atoms with Crippen LogP contribution in [-0.4, -0.2) is 0 Å². The third-order valence-electron chi connectivity index (χ3n) is 2.47. The van der Waals surface area contributed by atoms with Crippen molar-refractivity contribution in [2.24, 2.45) is 0 Å². The molecule has 1 aliphatic rings. The standard InChI is InChI=1S/C14H14O/c1-3-4-9-13-11(2)12-8-6-5-7-10-14(12)15-13/h3-4,6-10H,1,5H2,2H3/b9-4-. The zero-order chi connectivity index (χ0) is 10.7. The van der Waals surface area contributed by atoms with Crippen LogP contribution in [0.1, 0.15) is 29.1 Å². The van der Waals surface area contributed by atoms with E-state index in [1.165, 1.54) is 11.1 Å². The van der Waals surface area contributed by atoms with Crippen LogP contribution in [0.3, 0.4) is 0 Å². The molecule has 0 N–H and O–H groups in total. The number of rotatable bonds is 2. The van der Waals surface area contributed by atoms with Crippen molar-refractivity contribution in [1.29, 1.82) is 0 Å². The summed E-state index contributed by atoms with van der Waals surface area (Å²) in [6.07, 6.45) is 15.0. The molecule has 0 amide bonds. The zero-order valence-corrected chi connectivity index (χ0v) is 8.86. The largest absolute Gasteiger partial charge is 0.456 e. The molecule has 1 heterocycles. The normalized spacial score (nSPS) is 14.2. The maximum atomic E-state index is 5.75. The van der Waals surface area contributed by atoms with Crippen LogP contribution >= 0.6 is 0 Å². The average Bonchev–Trinajstić information content (AvgIpc) is 2.44. The first kappa shape index (κ1) is 9.78. The molecule has 1 aliphatic carbocycles. The Kier molecular flexibility index (Phi) is 2.72. The Balaban J connectivity index is 2.49. The molecule has 0 unspecified atom stereocenters. The van der Waals surface area contributed by atoms with Crippen molar-refractivity contribution in [3.8, 4) is 0 Å². The van der Waals surface area contributed by atoms with Crippen molar-refractivity contribution in [3.63, 3.8) is 0 Å². The minimum absolute atomic E-state index is 0.913. The van der Waals surface area contributed by atoms with Crippen LogP contribution in [0.15, 0.2) is 35.3 Å². The molecule has 1 nitrogen and oxygen atoms in total. The first-order chi connectivity index (χ1) is 7.33. The summed E-state index contributed by atoms with van der Waals surface area (Å²) in [6, 6.07) is 0. The molecule has 0 spiro atoms. The van der Waals surface area contributed by atoms with E-state index in [0.29, 0.717) is 0 Å². The molecular formula is C14H14O. The van der Waals surface area contributed by atoms with E-state index in [9.17, 15) is 0 Å². The summed E-state index contributed by atoms with van der Waals surface area (Å²) in [5, 5.41) is 0. The van der Waals surface area contributed by atoms with E-state index in [1.807, 2.05) is 18.2 Å². The Hall–Kier alpha value is -1.76. The summed E-state index contributed by atoms with van der Waals surface area (Å²) in [7, 11) is 0. The van der Waals surface area contributed by atoms with Crippen molar-refractivity contribution >= 4 is 18.2 Å². The van der Waals surface area contributed by atoms with Crippen molar-refractivity contribution in [2.45, 2.75) is 13.3 Å². The lowest BCUT2D eigenvalue weighted by molar-refractivity contribution is 0.544. The van der Waals surface area contributed by atoms with Gasteiger partial charge in [-0.2, -0.15) is 0 Å². The second-order valence-corrected chi connectivity index (χ2v) is 3.50. The number of hydrogen-bond donors (Lipinski definition) is 0. The second-order valence-electron chi connectivity index (χ2n) is 3.50. The minimum Gasteiger partial charge on any atom is -0.456 e. The van der Waals surface area contributed by atoms with Crippen LogP contribution in [0.4, 0.5) is 0 Å². The van der Waals surface area contributed by atoms with E-state index in [2.05, 4.69) is 31.7 Å². The van der Waals surface area contributed by atoms with Crippen molar-refractivity contribution in [2.75, 3.05) is 0 Å². The zero-order valence-electron chi connectivity index (χ0n) is 8.86. The molecule has 1 heteroatoms. The number of furan rings is 1. The van der Waals surface area contributed by atoms with Gasteiger partial charge in [0.15, 0.2) is 0 Å². The fourth-order valence-corrected chi connectivity index (χ4v) is 1.65. The van der Waals surface area contributed by atoms with Gasteiger partial charge >= 0.3 is 0 Å². The summed E-state index contributed by atoms with van der Waals surface area (Å²) in [4.78, 5) is 0. The fraction of sp³-hybridized carbons (Fsp3) is 0.143. The number of allylic oxidation sites excluding steroid dienone is 4. The Morgan fingerprint density at radius 3 is 2.93 bits per heavy atom. The fourth-order valence-electron chi connectivity index (χ4n) is 1.65. The maximum absolute atomic E-state index is 5.75. The third-order valence-corrected chi connectivity index (χ3v) is 2.47. The molecule has 15 heavy (non-hydrogen) atoms. The Bertz CT molecular complexity index is 456. The molecular weight excluding hydrogens is 184 g/mol. The lowest BCUT2D eigenvalue weighted by Crippen LogP contribution is -1.75. The van der Waals surface area contributed by atoms with Gasteiger partial charge in [-0.15, -0.1) is 0 Å². The monoisotopic (exact) mass is 198 g/mol. The Labute approximate surface area is 90.1 Å². The van der Waals surface area contributed by atoms with Gasteiger partial charge in [-0.1, -0.05) is 37.0 Å². The molecule has 0 saturated heterocycles. The van der Waals surface area contributed by atoms with E-state index in [-0.39, 0.29) is 0 Å². The van der Waals surface area contributed by atoms with Gasteiger partial charge in [0.05, 0.1) is 0 Å². The minimum atomic E-state index is 0.913. The lowest BCUT2D eigenvalue weighted by Gasteiger charge is -1.89. The summed E-state index contributed by atoms with van der Waals surface area (Å²) >= 11 is 0. The molecule has 0 fully saturated rings. The predicted molar refractivity (Wildman–Crippen MR) is 65.4 cm³/mol. The molecule has 76 valence electrons. The van der Waals surface area contributed by atoms with Gasteiger partial charge in [0.2, 0.25) is 0 Å². The van der Waals surface area contributed by atoms with Gasteiger partial charge in [0.25, 0.3) is 0 Å². The van der Waals surface area contributed by atoms with Gasteiger partial charge in [-0.3, -0.25) is 0 Å². The first-order valence-electron chi connectivity index (χ1n) is 5.08. The molecule has 0 aromatic carbocycles. The molecule has 0 aliphatic heterocycles. The molecule has 0 saturated carbocycles. The maximum Gasteiger partial charge on any atom is 0.134 e. The van der Waals surface area contributed by atoms with Crippen molar-refractivity contribution in [1.82, 2.24) is 0 Å². The van der Waals surface area contributed by atoms with Crippen LogP contribution in [0, 0.1) is 6.92 Å². The molecule has 0 radical (unpaired) electrons. The number of hydrogen-bond acceptors (Lipinski definition) is 1. The quantitative estimate of drug-likeness (QED) is 0.648. The van der Waals surface area contributed by atoms with Crippen molar-refractivity contribution in [3.05, 3.63) is 53.5 Å². The molecule has 0 atom stereocenters. The first-order valence-corrected chi connectivity index (χ1v) is 5.08. The van der Waals surface area contributed by atoms with Crippen LogP contribution in [0.2, 0.25) is 0 Å². The van der Waals surface area contributed by atoms with Crippen LogP contribution in [-0.2, 0) is 0 Å². The highest BCUT2D eigenvalue weighted by Gasteiger charge is 2.11. The van der Waals surface area contributed by atoms with E-state index >= 15 is 0 Å². The summed E-state index contributed by atoms with van der Waals surface area (Å²) in [5.74, 6) is 1.86. The van der Waals surface area contributed by atoms with Gasteiger partial charge in [-0.05, 0) is 25.5 Å².